The SMILES string of the molecule is O=C(CSc1nnc(N2CCCC2)n1C1CC1)Nc1ccc2nc(C(F)(F)F)[nH]c2c1. The third kappa shape index (κ3) is 4.21. The molecule has 3 aromatic rings. The normalized spacial score (nSPS) is 16.9. The average molecular weight is 451 g/mol. The Hall–Kier alpha value is -2.76. The molecule has 0 unspecified atom stereocenters. The Kier molecular flexibility index (Phi) is 5.03. The summed E-state index contributed by atoms with van der Waals surface area (Å²) in [7, 11) is 0. The van der Waals surface area contributed by atoms with Crippen LogP contribution in [0.25, 0.3) is 11.0 Å². The fourth-order valence-corrected chi connectivity index (χ4v) is 4.50. The van der Waals surface area contributed by atoms with Crippen LogP contribution in [0.3, 0.4) is 0 Å². The fourth-order valence-electron chi connectivity index (χ4n) is 3.70. The largest absolute Gasteiger partial charge is 0.449 e. The number of thioether (sulfide) groups is 1. The second-order valence-corrected chi connectivity index (χ2v) is 8.67. The van der Waals surface area contributed by atoms with E-state index < -0.39 is 12.0 Å². The van der Waals surface area contributed by atoms with Crippen LogP contribution in [-0.4, -0.2) is 49.5 Å². The van der Waals surface area contributed by atoms with E-state index in [2.05, 4.69) is 34.9 Å². The van der Waals surface area contributed by atoms with Gasteiger partial charge in [-0.05, 0) is 43.9 Å². The van der Waals surface area contributed by atoms with E-state index in [4.69, 9.17) is 0 Å². The number of H-pyrrole nitrogens is 1. The van der Waals surface area contributed by atoms with Gasteiger partial charge in [-0.2, -0.15) is 13.2 Å². The molecule has 164 valence electrons. The van der Waals surface area contributed by atoms with Crippen molar-refractivity contribution in [2.75, 3.05) is 29.1 Å². The molecule has 0 spiro atoms. The number of hydrogen-bond acceptors (Lipinski definition) is 6. The molecule has 1 amide bonds. The van der Waals surface area contributed by atoms with Crippen LogP contribution in [0.4, 0.5) is 24.8 Å². The van der Waals surface area contributed by atoms with Gasteiger partial charge in [0.2, 0.25) is 17.7 Å². The monoisotopic (exact) mass is 451 g/mol. The highest BCUT2D eigenvalue weighted by Gasteiger charge is 2.35. The van der Waals surface area contributed by atoms with Crippen molar-refractivity contribution in [3.05, 3.63) is 24.0 Å². The van der Waals surface area contributed by atoms with Crippen LogP contribution >= 0.6 is 11.8 Å². The Morgan fingerprint density at radius 2 is 2.00 bits per heavy atom. The first-order valence-electron chi connectivity index (χ1n) is 10.1. The van der Waals surface area contributed by atoms with E-state index >= 15 is 0 Å². The van der Waals surface area contributed by atoms with E-state index in [0.29, 0.717) is 11.7 Å². The van der Waals surface area contributed by atoms with Crippen LogP contribution in [-0.2, 0) is 11.0 Å². The zero-order valence-electron chi connectivity index (χ0n) is 16.4. The van der Waals surface area contributed by atoms with Crippen LogP contribution in [0.1, 0.15) is 37.5 Å². The van der Waals surface area contributed by atoms with Crippen molar-refractivity contribution in [2.45, 2.75) is 43.1 Å². The number of fused-ring (bicyclic) bond motifs is 1. The second-order valence-electron chi connectivity index (χ2n) is 7.73. The van der Waals surface area contributed by atoms with Gasteiger partial charge in [0.1, 0.15) is 0 Å². The van der Waals surface area contributed by atoms with Crippen LogP contribution in [0.15, 0.2) is 23.4 Å². The molecule has 1 aliphatic carbocycles. The van der Waals surface area contributed by atoms with Gasteiger partial charge < -0.3 is 15.2 Å². The van der Waals surface area contributed by atoms with Gasteiger partial charge in [-0.1, -0.05) is 11.8 Å². The number of benzene rings is 1. The highest BCUT2D eigenvalue weighted by atomic mass is 32.2. The molecule has 3 heterocycles. The number of hydrogen-bond donors (Lipinski definition) is 2. The summed E-state index contributed by atoms with van der Waals surface area (Å²) in [6.07, 6.45) is -0.0862. The lowest BCUT2D eigenvalue weighted by Gasteiger charge is -2.17. The van der Waals surface area contributed by atoms with E-state index in [-0.39, 0.29) is 22.7 Å². The Balaban J connectivity index is 1.25. The summed E-state index contributed by atoms with van der Waals surface area (Å²) < 4.78 is 40.6. The van der Waals surface area contributed by atoms with Crippen molar-refractivity contribution in [1.29, 1.82) is 0 Å². The summed E-state index contributed by atoms with van der Waals surface area (Å²) in [4.78, 5) is 20.5. The first kappa shape index (κ1) is 20.2. The minimum absolute atomic E-state index is 0.125. The number of aromatic amines is 1. The van der Waals surface area contributed by atoms with Gasteiger partial charge in [0, 0.05) is 24.8 Å². The van der Waals surface area contributed by atoms with Crippen molar-refractivity contribution in [3.8, 4) is 0 Å². The number of nitrogens with zero attached hydrogens (tertiary/aromatic N) is 5. The van der Waals surface area contributed by atoms with Crippen molar-refractivity contribution in [1.82, 2.24) is 24.7 Å². The molecule has 8 nitrogen and oxygen atoms in total. The molecule has 2 N–H and O–H groups in total. The summed E-state index contributed by atoms with van der Waals surface area (Å²) in [6.45, 7) is 1.95. The maximum Gasteiger partial charge on any atom is 0.449 e. The Morgan fingerprint density at radius 1 is 1.23 bits per heavy atom. The third-order valence-electron chi connectivity index (χ3n) is 5.31. The Bertz CT molecular complexity index is 1120. The molecular weight excluding hydrogens is 431 g/mol. The van der Waals surface area contributed by atoms with E-state index in [0.717, 1.165) is 49.9 Å². The quantitative estimate of drug-likeness (QED) is 0.554. The highest BCUT2D eigenvalue weighted by molar-refractivity contribution is 7.99. The molecule has 2 aliphatic rings. The van der Waals surface area contributed by atoms with Crippen molar-refractivity contribution >= 4 is 40.3 Å². The molecule has 2 aromatic heterocycles. The first-order valence-corrected chi connectivity index (χ1v) is 11.1. The number of imidazole rings is 1. The predicted octanol–water partition coefficient (Wildman–Crippen LogP) is 3.84. The van der Waals surface area contributed by atoms with Crippen LogP contribution in [0.2, 0.25) is 0 Å². The van der Waals surface area contributed by atoms with E-state index in [1.807, 2.05) is 0 Å². The van der Waals surface area contributed by atoms with Gasteiger partial charge in [-0.25, -0.2) is 4.98 Å². The topological polar surface area (TPSA) is 91.7 Å². The zero-order valence-corrected chi connectivity index (χ0v) is 17.3. The average Bonchev–Trinajstić information content (AvgIpc) is 3.12. The third-order valence-corrected chi connectivity index (χ3v) is 6.26. The molecule has 1 aliphatic heterocycles. The van der Waals surface area contributed by atoms with Gasteiger partial charge in [-0.15, -0.1) is 10.2 Å². The van der Waals surface area contributed by atoms with E-state index in [9.17, 15) is 18.0 Å². The fraction of sp³-hybridized carbons (Fsp3) is 0.474. The number of carbonyl (C=O) groups is 1. The minimum atomic E-state index is -4.55. The number of amides is 1. The summed E-state index contributed by atoms with van der Waals surface area (Å²) in [5.41, 5.74) is 0.796. The molecule has 5 rings (SSSR count). The molecule has 0 bridgehead atoms. The molecule has 31 heavy (non-hydrogen) atoms. The molecule has 0 radical (unpaired) electrons. The molecule has 0 atom stereocenters. The minimum Gasteiger partial charge on any atom is -0.341 e. The number of rotatable bonds is 6. The molecule has 1 saturated heterocycles. The van der Waals surface area contributed by atoms with Crippen LogP contribution in [0, 0.1) is 0 Å². The standard InChI is InChI=1S/C19H20F3N7OS/c20-19(21,22)16-24-13-6-3-11(9-14(13)25-16)23-15(30)10-31-18-27-26-17(28-7-1-2-8-28)29(18)12-4-5-12/h3,6,9,12H,1-2,4-5,7-8,10H2,(H,23,30)(H,24,25). The van der Waals surface area contributed by atoms with Crippen LogP contribution in [0.5, 0.6) is 0 Å². The summed E-state index contributed by atoms with van der Waals surface area (Å²) in [5, 5.41) is 12.1. The second kappa shape index (κ2) is 7.74. The number of halogens is 3. The Morgan fingerprint density at radius 3 is 2.71 bits per heavy atom. The van der Waals surface area contributed by atoms with Gasteiger partial charge in [0.05, 0.1) is 16.8 Å². The molecule has 1 saturated carbocycles. The highest BCUT2D eigenvalue weighted by Crippen LogP contribution is 2.41. The molecular formula is C19H20F3N7OS. The van der Waals surface area contributed by atoms with Gasteiger partial charge >= 0.3 is 6.18 Å². The molecule has 12 heteroatoms. The number of anilines is 2. The van der Waals surface area contributed by atoms with E-state index in [1.54, 1.807) is 0 Å². The maximum atomic E-state index is 12.8. The summed E-state index contributed by atoms with van der Waals surface area (Å²) >= 11 is 1.32. The Labute approximate surface area is 179 Å². The lowest BCUT2D eigenvalue weighted by atomic mass is 10.3. The number of alkyl halides is 3. The molecule has 2 fully saturated rings. The maximum absolute atomic E-state index is 12.8. The summed E-state index contributed by atoms with van der Waals surface area (Å²) in [5.74, 6) is -0.324. The number of aromatic nitrogens is 5. The zero-order chi connectivity index (χ0) is 21.6. The predicted molar refractivity (Wildman–Crippen MR) is 110 cm³/mol. The lowest BCUT2D eigenvalue weighted by molar-refractivity contribution is -0.144. The van der Waals surface area contributed by atoms with Crippen molar-refractivity contribution in [3.63, 3.8) is 0 Å². The van der Waals surface area contributed by atoms with Gasteiger partial charge in [0.15, 0.2) is 5.16 Å². The van der Waals surface area contributed by atoms with Crippen molar-refractivity contribution < 1.29 is 18.0 Å². The summed E-state index contributed by atoms with van der Waals surface area (Å²) in [6, 6.07) is 4.81. The first-order chi connectivity index (χ1) is 14.9. The molecule has 1 aromatic carbocycles. The smallest absolute Gasteiger partial charge is 0.341 e. The number of carbonyl (C=O) groups excluding carboxylic acids is 1. The van der Waals surface area contributed by atoms with Crippen LogP contribution < -0.4 is 10.2 Å². The lowest BCUT2D eigenvalue weighted by Crippen LogP contribution is -2.22. The number of nitrogens with one attached hydrogen (secondary N) is 2. The van der Waals surface area contributed by atoms with Gasteiger partial charge in [0.25, 0.3) is 0 Å². The van der Waals surface area contributed by atoms with E-state index in [1.165, 1.54) is 30.0 Å². The van der Waals surface area contributed by atoms with Gasteiger partial charge in [-0.3, -0.25) is 9.36 Å². The van der Waals surface area contributed by atoms with Crippen molar-refractivity contribution in [2.24, 2.45) is 0 Å².